The van der Waals surface area contributed by atoms with Crippen molar-refractivity contribution in [2.24, 2.45) is 18.4 Å². The number of carbonyl (C=O) groups excluding carboxylic acids is 1. The highest BCUT2D eigenvalue weighted by molar-refractivity contribution is 5.84. The minimum absolute atomic E-state index is 0.347. The molecule has 1 unspecified atom stereocenters. The maximum absolute atomic E-state index is 12.2. The van der Waals surface area contributed by atoms with E-state index < -0.39 is 0 Å². The number of aromatic nitrogens is 2. The van der Waals surface area contributed by atoms with Gasteiger partial charge in [0.05, 0.1) is 0 Å². The zero-order valence-corrected chi connectivity index (χ0v) is 11.0. The van der Waals surface area contributed by atoms with Gasteiger partial charge in [-0.05, 0) is 37.8 Å². The lowest BCUT2D eigenvalue weighted by atomic mass is 9.90. The van der Waals surface area contributed by atoms with Crippen LogP contribution >= 0.6 is 0 Å². The molecule has 4 nitrogen and oxygen atoms in total. The molecule has 3 rings (SSSR count). The summed E-state index contributed by atoms with van der Waals surface area (Å²) in [6.07, 6.45) is 8.68. The first-order valence-corrected chi connectivity index (χ1v) is 6.91. The summed E-state index contributed by atoms with van der Waals surface area (Å²) in [6, 6.07) is 0. The van der Waals surface area contributed by atoms with Gasteiger partial charge in [0.1, 0.15) is 11.6 Å². The summed E-state index contributed by atoms with van der Waals surface area (Å²) in [5, 5.41) is 3.38. The second-order valence-corrected chi connectivity index (χ2v) is 5.79. The van der Waals surface area contributed by atoms with E-state index in [0.29, 0.717) is 23.5 Å². The number of nitrogens with one attached hydrogen (secondary N) is 1. The molecule has 98 valence electrons. The molecule has 0 radical (unpaired) electrons. The van der Waals surface area contributed by atoms with Crippen molar-refractivity contribution >= 4 is 5.78 Å². The van der Waals surface area contributed by atoms with Gasteiger partial charge in [0.15, 0.2) is 0 Å². The Labute approximate surface area is 108 Å². The Kier molecular flexibility index (Phi) is 2.98. The zero-order valence-electron chi connectivity index (χ0n) is 11.0. The normalized spacial score (nSPS) is 25.3. The lowest BCUT2D eigenvalue weighted by Gasteiger charge is -2.23. The number of hydrogen-bond donors (Lipinski definition) is 1. The number of aryl methyl sites for hydroxylation is 2. The molecule has 1 spiro atoms. The molecule has 1 aromatic heterocycles. The molecule has 0 amide bonds. The molecule has 2 fully saturated rings. The number of hydrogen-bond acceptors (Lipinski definition) is 3. The summed E-state index contributed by atoms with van der Waals surface area (Å²) < 4.78 is 2.00. The first-order valence-electron chi connectivity index (χ1n) is 6.91. The van der Waals surface area contributed by atoms with Crippen LogP contribution in [0.25, 0.3) is 0 Å². The van der Waals surface area contributed by atoms with Gasteiger partial charge in [-0.2, -0.15) is 0 Å². The summed E-state index contributed by atoms with van der Waals surface area (Å²) >= 11 is 0. The predicted octanol–water partition coefficient (Wildman–Crippen LogP) is 1.31. The van der Waals surface area contributed by atoms with E-state index in [1.165, 1.54) is 12.8 Å². The summed E-state index contributed by atoms with van der Waals surface area (Å²) in [4.78, 5) is 16.5. The molecule has 1 saturated heterocycles. The summed E-state index contributed by atoms with van der Waals surface area (Å²) in [5.41, 5.74) is 0.379. The van der Waals surface area contributed by atoms with Crippen molar-refractivity contribution in [1.29, 1.82) is 0 Å². The second kappa shape index (κ2) is 4.50. The highest BCUT2D eigenvalue weighted by Crippen LogP contribution is 2.59. The summed E-state index contributed by atoms with van der Waals surface area (Å²) in [5.74, 6) is 1.82. The summed E-state index contributed by atoms with van der Waals surface area (Å²) in [7, 11) is 1.98. The van der Waals surface area contributed by atoms with Crippen LogP contribution < -0.4 is 5.32 Å². The van der Waals surface area contributed by atoms with Gasteiger partial charge in [-0.15, -0.1) is 0 Å². The maximum Gasteiger partial charge on any atom is 0.137 e. The maximum atomic E-state index is 12.2. The third kappa shape index (κ3) is 2.09. The van der Waals surface area contributed by atoms with Crippen molar-refractivity contribution in [3.05, 3.63) is 18.2 Å². The molecule has 1 atom stereocenters. The van der Waals surface area contributed by atoms with Gasteiger partial charge < -0.3 is 9.88 Å². The predicted molar refractivity (Wildman–Crippen MR) is 69.2 cm³/mol. The van der Waals surface area contributed by atoms with Crippen LogP contribution in [0.15, 0.2) is 12.4 Å². The van der Waals surface area contributed by atoms with E-state index in [-0.39, 0.29) is 0 Å². The van der Waals surface area contributed by atoms with Crippen molar-refractivity contribution < 1.29 is 4.79 Å². The van der Waals surface area contributed by atoms with Crippen LogP contribution in [0.5, 0.6) is 0 Å². The smallest absolute Gasteiger partial charge is 0.137 e. The molecule has 2 heterocycles. The third-order valence-electron chi connectivity index (χ3n) is 4.69. The van der Waals surface area contributed by atoms with Gasteiger partial charge in [-0.25, -0.2) is 4.98 Å². The first kappa shape index (κ1) is 11.9. The molecule has 0 aromatic carbocycles. The molecule has 2 aliphatic rings. The van der Waals surface area contributed by atoms with E-state index in [0.717, 1.165) is 31.8 Å². The zero-order chi connectivity index (χ0) is 12.6. The van der Waals surface area contributed by atoms with E-state index in [4.69, 9.17) is 0 Å². The van der Waals surface area contributed by atoms with E-state index in [2.05, 4.69) is 10.3 Å². The van der Waals surface area contributed by atoms with Gasteiger partial charge in [0.2, 0.25) is 0 Å². The molecule has 1 N–H and O–H groups in total. The molecule has 1 aromatic rings. The Morgan fingerprint density at radius 3 is 3.00 bits per heavy atom. The number of Topliss-reactive ketones (excluding diaryl/α,β-unsaturated/α-hetero) is 1. The van der Waals surface area contributed by atoms with Crippen LogP contribution in [0.1, 0.15) is 31.5 Å². The number of imidazole rings is 1. The van der Waals surface area contributed by atoms with Gasteiger partial charge >= 0.3 is 0 Å². The number of rotatable bonds is 4. The SMILES string of the molecule is Cn1ccnc1CCC(=O)C1CC12CCNCC2. The van der Waals surface area contributed by atoms with E-state index in [1.54, 1.807) is 6.20 Å². The number of piperidine rings is 1. The topological polar surface area (TPSA) is 46.9 Å². The molecule has 18 heavy (non-hydrogen) atoms. The van der Waals surface area contributed by atoms with Crippen molar-refractivity contribution in [2.75, 3.05) is 13.1 Å². The van der Waals surface area contributed by atoms with Crippen molar-refractivity contribution in [1.82, 2.24) is 14.9 Å². The fourth-order valence-corrected chi connectivity index (χ4v) is 3.33. The molecule has 1 aliphatic carbocycles. The average molecular weight is 247 g/mol. The highest BCUT2D eigenvalue weighted by Gasteiger charge is 2.56. The quantitative estimate of drug-likeness (QED) is 0.872. The molecule has 4 heteroatoms. The van der Waals surface area contributed by atoms with E-state index in [9.17, 15) is 4.79 Å². The van der Waals surface area contributed by atoms with Crippen LogP contribution in [0, 0.1) is 11.3 Å². The number of nitrogens with zero attached hydrogens (tertiary/aromatic N) is 2. The Morgan fingerprint density at radius 2 is 2.33 bits per heavy atom. The van der Waals surface area contributed by atoms with Gasteiger partial charge in [-0.1, -0.05) is 0 Å². The lowest BCUT2D eigenvalue weighted by Crippen LogP contribution is -2.30. The molecular weight excluding hydrogens is 226 g/mol. The third-order valence-corrected chi connectivity index (χ3v) is 4.69. The second-order valence-electron chi connectivity index (χ2n) is 5.79. The summed E-state index contributed by atoms with van der Waals surface area (Å²) in [6.45, 7) is 2.17. The van der Waals surface area contributed by atoms with Gasteiger partial charge in [-0.3, -0.25) is 4.79 Å². The van der Waals surface area contributed by atoms with Crippen LogP contribution in [-0.4, -0.2) is 28.4 Å². The van der Waals surface area contributed by atoms with E-state index in [1.807, 2.05) is 17.8 Å². The average Bonchev–Trinajstić information content (AvgIpc) is 2.90. The van der Waals surface area contributed by atoms with Crippen LogP contribution in [-0.2, 0) is 18.3 Å². The van der Waals surface area contributed by atoms with Crippen molar-refractivity contribution in [2.45, 2.75) is 32.1 Å². The highest BCUT2D eigenvalue weighted by atomic mass is 16.1. The lowest BCUT2D eigenvalue weighted by molar-refractivity contribution is -0.121. The molecule has 1 aliphatic heterocycles. The Bertz CT molecular complexity index is 446. The fourth-order valence-electron chi connectivity index (χ4n) is 3.33. The van der Waals surface area contributed by atoms with Crippen molar-refractivity contribution in [3.8, 4) is 0 Å². The van der Waals surface area contributed by atoms with Crippen molar-refractivity contribution in [3.63, 3.8) is 0 Å². The minimum atomic E-state index is 0.347. The number of ketones is 1. The van der Waals surface area contributed by atoms with E-state index >= 15 is 0 Å². The Hall–Kier alpha value is -1.16. The Morgan fingerprint density at radius 1 is 1.56 bits per heavy atom. The number of carbonyl (C=O) groups is 1. The van der Waals surface area contributed by atoms with Crippen LogP contribution in [0.3, 0.4) is 0 Å². The van der Waals surface area contributed by atoms with Crippen LogP contribution in [0.2, 0.25) is 0 Å². The standard InChI is InChI=1S/C14H21N3O/c1-17-9-8-16-13(17)3-2-12(18)11-10-14(11)4-6-15-7-5-14/h8-9,11,15H,2-7,10H2,1H3. The molecule has 1 saturated carbocycles. The molecule has 0 bridgehead atoms. The first-order chi connectivity index (χ1) is 8.71. The van der Waals surface area contributed by atoms with Gasteiger partial charge in [0.25, 0.3) is 0 Å². The van der Waals surface area contributed by atoms with Gasteiger partial charge in [0, 0.05) is 38.2 Å². The fraction of sp³-hybridized carbons (Fsp3) is 0.714. The monoisotopic (exact) mass is 247 g/mol. The van der Waals surface area contributed by atoms with Crippen LogP contribution in [0.4, 0.5) is 0 Å². The minimum Gasteiger partial charge on any atom is -0.338 e. The largest absolute Gasteiger partial charge is 0.338 e. The molecular formula is C14H21N3O. The Balaban J connectivity index is 1.53.